The number of hydrogen-bond donors (Lipinski definition) is 2. The summed E-state index contributed by atoms with van der Waals surface area (Å²) in [5.41, 5.74) is 0. The van der Waals surface area contributed by atoms with Gasteiger partial charge in [-0.1, -0.05) is 32.1 Å². The van der Waals surface area contributed by atoms with Crippen LogP contribution in [0, 0.1) is 39.9 Å². The van der Waals surface area contributed by atoms with E-state index in [1.807, 2.05) is 4.90 Å². The monoisotopic (exact) mass is 716 g/mol. The summed E-state index contributed by atoms with van der Waals surface area (Å²) in [5, 5.41) is 36.6. The van der Waals surface area contributed by atoms with Gasteiger partial charge in [0, 0.05) is 78.5 Å². The Bertz CT molecular complexity index is 690. The standard InChI is InChI=1S/C25H47N5O7S.Gd/c31-22(26-8-6-4-2-1-3-5-7-17-38)18-27-9-11-28(19-23(32)33)13-15-30(21-25(36)37)16-14-29(12-10-27)20-24(34)35;/h38H,1-21H2,(H,26,31)(H,32,33)(H,34,35)(H,36,37);/q;+3/p-3. The summed E-state index contributed by atoms with van der Waals surface area (Å²) < 4.78 is 0. The molecule has 1 aliphatic rings. The van der Waals surface area contributed by atoms with Crippen LogP contribution in [0.4, 0.5) is 0 Å². The van der Waals surface area contributed by atoms with Crippen LogP contribution < -0.4 is 20.6 Å². The average molecular weight is 716 g/mol. The van der Waals surface area contributed by atoms with Gasteiger partial charge in [-0.3, -0.25) is 24.4 Å². The van der Waals surface area contributed by atoms with Crippen LogP contribution >= 0.6 is 12.6 Å². The Kier molecular flexibility index (Phi) is 23.7. The van der Waals surface area contributed by atoms with E-state index < -0.39 is 17.9 Å². The third-order valence-corrected chi connectivity index (χ3v) is 6.83. The number of carboxylic acids is 3. The molecule has 39 heavy (non-hydrogen) atoms. The molecule has 1 aliphatic heterocycles. The molecule has 225 valence electrons. The molecular weight excluding hydrogens is 672 g/mol. The number of amides is 1. The fourth-order valence-corrected chi connectivity index (χ4v) is 4.59. The van der Waals surface area contributed by atoms with Crippen molar-refractivity contribution in [1.29, 1.82) is 0 Å². The van der Waals surface area contributed by atoms with Crippen molar-refractivity contribution in [1.82, 2.24) is 24.9 Å². The van der Waals surface area contributed by atoms with E-state index in [4.69, 9.17) is 0 Å². The SMILES string of the molecule is O=C([O-])CN1CCN(CC(=O)[O-])CCN(CC(=O)NCCCCCCCCCS)CCN(CC(=O)[O-])CC1.[Gd+3]. The normalized spacial score (nSPS) is 16.9. The van der Waals surface area contributed by atoms with Gasteiger partial charge in [-0.2, -0.15) is 12.6 Å². The van der Waals surface area contributed by atoms with E-state index >= 15 is 0 Å². The molecule has 0 spiro atoms. The van der Waals surface area contributed by atoms with Crippen LogP contribution in [0.15, 0.2) is 0 Å². The van der Waals surface area contributed by atoms with E-state index in [2.05, 4.69) is 17.9 Å². The number of carbonyl (C=O) groups is 4. The first-order valence-corrected chi connectivity index (χ1v) is 14.2. The molecule has 1 amide bonds. The van der Waals surface area contributed by atoms with E-state index in [1.165, 1.54) is 19.3 Å². The minimum absolute atomic E-state index is 0. The first-order valence-electron chi connectivity index (χ1n) is 13.6. The number of rotatable bonds is 17. The van der Waals surface area contributed by atoms with Gasteiger partial charge in [-0.15, -0.1) is 0 Å². The van der Waals surface area contributed by atoms with Gasteiger partial charge >= 0.3 is 39.9 Å². The molecule has 12 nitrogen and oxygen atoms in total. The second kappa shape index (κ2) is 24.0. The zero-order chi connectivity index (χ0) is 28.2. The number of nitrogens with zero attached hydrogens (tertiary/aromatic N) is 4. The van der Waals surface area contributed by atoms with Crippen molar-refractivity contribution in [3.63, 3.8) is 0 Å². The molecule has 1 rings (SSSR count). The van der Waals surface area contributed by atoms with Crippen molar-refractivity contribution in [2.24, 2.45) is 0 Å². The number of unbranched alkanes of at least 4 members (excludes halogenated alkanes) is 6. The Morgan fingerprint density at radius 1 is 0.538 bits per heavy atom. The van der Waals surface area contributed by atoms with Crippen LogP contribution in [0.2, 0.25) is 0 Å². The van der Waals surface area contributed by atoms with Crippen molar-refractivity contribution in [2.75, 3.05) is 90.8 Å². The largest absolute Gasteiger partial charge is 3.00 e. The summed E-state index contributed by atoms with van der Waals surface area (Å²) in [5.74, 6) is -2.96. The molecule has 1 N–H and O–H groups in total. The molecular formula is C25H44GdN5O7S. The number of carboxylic acid groups (broad SMARTS) is 3. The number of carbonyl (C=O) groups excluding carboxylic acids is 4. The van der Waals surface area contributed by atoms with Gasteiger partial charge < -0.3 is 35.0 Å². The molecule has 0 aromatic carbocycles. The van der Waals surface area contributed by atoms with Crippen LogP contribution in [-0.2, 0) is 19.2 Å². The van der Waals surface area contributed by atoms with Gasteiger partial charge in [0.05, 0.1) is 24.5 Å². The summed E-state index contributed by atoms with van der Waals surface area (Å²) in [7, 11) is 0. The van der Waals surface area contributed by atoms with Crippen molar-refractivity contribution < 1.29 is 74.4 Å². The smallest absolute Gasteiger partial charge is 0.549 e. The summed E-state index contributed by atoms with van der Waals surface area (Å²) >= 11 is 4.21. The van der Waals surface area contributed by atoms with Gasteiger partial charge in [0.2, 0.25) is 5.91 Å². The van der Waals surface area contributed by atoms with Crippen LogP contribution in [0.25, 0.3) is 0 Å². The van der Waals surface area contributed by atoms with Crippen LogP contribution in [0.5, 0.6) is 0 Å². The zero-order valence-corrected chi connectivity index (χ0v) is 26.0. The van der Waals surface area contributed by atoms with E-state index in [9.17, 15) is 34.5 Å². The predicted molar refractivity (Wildman–Crippen MR) is 140 cm³/mol. The number of hydrogen-bond acceptors (Lipinski definition) is 12. The van der Waals surface area contributed by atoms with Crippen LogP contribution in [0.1, 0.15) is 44.9 Å². The maximum absolute atomic E-state index is 12.6. The molecule has 1 radical (unpaired) electrons. The molecule has 0 bridgehead atoms. The van der Waals surface area contributed by atoms with Crippen molar-refractivity contribution in [3.8, 4) is 0 Å². The quantitative estimate of drug-likeness (QED) is 0.112. The number of aliphatic carboxylic acids is 3. The Labute approximate surface area is 269 Å². The Balaban J connectivity index is 0.0000144. The summed E-state index contributed by atoms with van der Waals surface area (Å²) in [6.45, 7) is 2.21. The molecule has 1 heterocycles. The minimum atomic E-state index is -1.27. The Morgan fingerprint density at radius 3 is 1.18 bits per heavy atom. The first kappa shape index (κ1) is 38.4. The van der Waals surface area contributed by atoms with Gasteiger partial charge in [-0.25, -0.2) is 0 Å². The molecule has 0 aromatic heterocycles. The molecule has 0 atom stereocenters. The molecule has 1 fully saturated rings. The van der Waals surface area contributed by atoms with Crippen molar-refractivity contribution in [3.05, 3.63) is 0 Å². The number of thiol groups is 1. The topological polar surface area (TPSA) is 162 Å². The van der Waals surface area contributed by atoms with Crippen LogP contribution in [-0.4, -0.2) is 134 Å². The van der Waals surface area contributed by atoms with Gasteiger partial charge in [0.15, 0.2) is 0 Å². The molecule has 0 saturated carbocycles. The first-order chi connectivity index (χ1) is 18.2. The van der Waals surface area contributed by atoms with E-state index in [-0.39, 0.29) is 98.2 Å². The van der Waals surface area contributed by atoms with Gasteiger partial charge in [0.25, 0.3) is 0 Å². The maximum atomic E-state index is 12.6. The average Bonchev–Trinajstić information content (AvgIpc) is 2.83. The molecule has 0 aliphatic carbocycles. The maximum Gasteiger partial charge on any atom is 3.00 e. The Hall–Kier alpha value is -0.605. The number of nitrogens with one attached hydrogen (secondary N) is 1. The summed E-state index contributed by atoms with van der Waals surface area (Å²) in [4.78, 5) is 53.0. The van der Waals surface area contributed by atoms with Gasteiger partial charge in [-0.05, 0) is 18.6 Å². The molecule has 14 heteroatoms. The summed E-state index contributed by atoms with van der Waals surface area (Å²) in [6.07, 6.45) is 7.83. The zero-order valence-electron chi connectivity index (χ0n) is 22.8. The van der Waals surface area contributed by atoms with Crippen molar-refractivity contribution >= 4 is 36.4 Å². The van der Waals surface area contributed by atoms with Gasteiger partial charge in [0.1, 0.15) is 0 Å². The molecule has 1 saturated heterocycles. The second-order valence-corrected chi connectivity index (χ2v) is 10.2. The Morgan fingerprint density at radius 2 is 0.846 bits per heavy atom. The molecule has 0 aromatic rings. The van der Waals surface area contributed by atoms with Crippen molar-refractivity contribution in [2.45, 2.75) is 44.9 Å². The third-order valence-electron chi connectivity index (χ3n) is 6.51. The fraction of sp³-hybridized carbons (Fsp3) is 0.840. The predicted octanol–water partition coefficient (Wildman–Crippen LogP) is -3.77. The van der Waals surface area contributed by atoms with E-state index in [0.29, 0.717) is 32.7 Å². The molecule has 0 unspecified atom stereocenters. The summed E-state index contributed by atoms with van der Waals surface area (Å²) in [6, 6.07) is 0. The minimum Gasteiger partial charge on any atom is -0.549 e. The van der Waals surface area contributed by atoms with Crippen LogP contribution in [0.3, 0.4) is 0 Å². The van der Waals surface area contributed by atoms with E-state index in [1.54, 1.807) is 14.7 Å². The third kappa shape index (κ3) is 21.8. The second-order valence-electron chi connectivity index (χ2n) is 9.77. The van der Waals surface area contributed by atoms with E-state index in [0.717, 1.165) is 31.4 Å². The fourth-order valence-electron chi connectivity index (χ4n) is 4.37.